The van der Waals surface area contributed by atoms with Gasteiger partial charge in [0.05, 0.1) is 0 Å². The van der Waals surface area contributed by atoms with E-state index < -0.39 is 0 Å². The van der Waals surface area contributed by atoms with E-state index in [-0.39, 0.29) is 0 Å². The van der Waals surface area contributed by atoms with E-state index in [9.17, 15) is 0 Å². The molecule has 2 aliphatic rings. The first-order valence-electron chi connectivity index (χ1n) is 6.71. The standard InChI is InChI=1S/C15H20ClN/c1-11-8-9-15(11,10-17-12-6-7-12)13-4-2-3-5-14(13)16/h2-5,11-12,17H,6-10H2,1H3. The molecule has 2 unspecified atom stereocenters. The Kier molecular flexibility index (Phi) is 2.92. The number of benzene rings is 1. The van der Waals surface area contributed by atoms with Crippen molar-refractivity contribution >= 4 is 11.6 Å². The van der Waals surface area contributed by atoms with Crippen molar-refractivity contribution in [3.05, 3.63) is 34.9 Å². The number of hydrogen-bond acceptors (Lipinski definition) is 1. The molecule has 92 valence electrons. The Morgan fingerprint density at radius 3 is 2.59 bits per heavy atom. The maximum Gasteiger partial charge on any atom is 0.0444 e. The highest BCUT2D eigenvalue weighted by Crippen LogP contribution is 2.50. The fraction of sp³-hybridized carbons (Fsp3) is 0.600. The normalized spacial score (nSPS) is 32.2. The van der Waals surface area contributed by atoms with Gasteiger partial charge in [0.15, 0.2) is 0 Å². The predicted molar refractivity (Wildman–Crippen MR) is 72.6 cm³/mol. The van der Waals surface area contributed by atoms with Crippen molar-refractivity contribution in [3.63, 3.8) is 0 Å². The molecule has 1 nitrogen and oxygen atoms in total. The van der Waals surface area contributed by atoms with Crippen LogP contribution in [0, 0.1) is 5.92 Å². The molecule has 0 saturated heterocycles. The summed E-state index contributed by atoms with van der Waals surface area (Å²) in [4.78, 5) is 0. The van der Waals surface area contributed by atoms with Gasteiger partial charge in [-0.3, -0.25) is 0 Å². The topological polar surface area (TPSA) is 12.0 Å². The third-order valence-corrected chi connectivity index (χ3v) is 4.99. The van der Waals surface area contributed by atoms with E-state index in [0.717, 1.165) is 23.5 Å². The summed E-state index contributed by atoms with van der Waals surface area (Å²) >= 11 is 6.39. The molecule has 1 N–H and O–H groups in total. The average Bonchev–Trinajstić information content (AvgIpc) is 3.14. The molecule has 0 heterocycles. The Labute approximate surface area is 109 Å². The monoisotopic (exact) mass is 249 g/mol. The van der Waals surface area contributed by atoms with Crippen LogP contribution >= 0.6 is 11.6 Å². The molecule has 2 atom stereocenters. The van der Waals surface area contributed by atoms with Crippen LogP contribution in [0.3, 0.4) is 0 Å². The highest BCUT2D eigenvalue weighted by molar-refractivity contribution is 6.31. The number of nitrogens with one attached hydrogen (secondary N) is 1. The summed E-state index contributed by atoms with van der Waals surface area (Å²) in [6, 6.07) is 9.16. The smallest absolute Gasteiger partial charge is 0.0444 e. The summed E-state index contributed by atoms with van der Waals surface area (Å²) in [6.07, 6.45) is 5.31. The minimum atomic E-state index is 0.293. The molecule has 2 aliphatic carbocycles. The second-order valence-corrected chi connectivity index (χ2v) is 6.14. The van der Waals surface area contributed by atoms with Crippen LogP contribution in [0.4, 0.5) is 0 Å². The van der Waals surface area contributed by atoms with Crippen molar-refractivity contribution in [1.82, 2.24) is 5.32 Å². The average molecular weight is 250 g/mol. The van der Waals surface area contributed by atoms with Crippen molar-refractivity contribution in [1.29, 1.82) is 0 Å². The molecule has 3 rings (SSSR count). The van der Waals surface area contributed by atoms with Gasteiger partial charge in [0.1, 0.15) is 0 Å². The van der Waals surface area contributed by atoms with Crippen LogP contribution < -0.4 is 5.32 Å². The van der Waals surface area contributed by atoms with E-state index in [0.29, 0.717) is 5.41 Å². The Morgan fingerprint density at radius 1 is 1.29 bits per heavy atom. The first kappa shape index (κ1) is 11.6. The van der Waals surface area contributed by atoms with Gasteiger partial charge in [0.25, 0.3) is 0 Å². The van der Waals surface area contributed by atoms with Crippen molar-refractivity contribution in [2.75, 3.05) is 6.54 Å². The lowest BCUT2D eigenvalue weighted by Gasteiger charge is -2.49. The van der Waals surface area contributed by atoms with Crippen LogP contribution in [-0.4, -0.2) is 12.6 Å². The zero-order valence-corrected chi connectivity index (χ0v) is 11.1. The summed E-state index contributed by atoms with van der Waals surface area (Å²) in [6.45, 7) is 3.46. The van der Waals surface area contributed by atoms with E-state index in [2.05, 4.69) is 24.4 Å². The first-order valence-corrected chi connectivity index (χ1v) is 7.08. The second kappa shape index (κ2) is 4.29. The van der Waals surface area contributed by atoms with Crippen LogP contribution in [0.5, 0.6) is 0 Å². The van der Waals surface area contributed by atoms with Gasteiger partial charge in [-0.2, -0.15) is 0 Å². The summed E-state index contributed by atoms with van der Waals surface area (Å²) in [5, 5.41) is 4.64. The summed E-state index contributed by atoms with van der Waals surface area (Å²) in [7, 11) is 0. The molecule has 1 aromatic rings. The van der Waals surface area contributed by atoms with E-state index in [1.807, 2.05) is 12.1 Å². The molecule has 2 fully saturated rings. The lowest BCUT2D eigenvalue weighted by molar-refractivity contribution is 0.133. The van der Waals surface area contributed by atoms with Crippen LogP contribution in [0.15, 0.2) is 24.3 Å². The number of halogens is 1. The quantitative estimate of drug-likeness (QED) is 0.857. The Balaban J connectivity index is 1.85. The van der Waals surface area contributed by atoms with Crippen LogP contribution in [0.1, 0.15) is 38.2 Å². The van der Waals surface area contributed by atoms with Gasteiger partial charge in [0.2, 0.25) is 0 Å². The lowest BCUT2D eigenvalue weighted by atomic mass is 9.57. The molecule has 1 aromatic carbocycles. The maximum atomic E-state index is 6.39. The van der Waals surface area contributed by atoms with Crippen LogP contribution in [0.25, 0.3) is 0 Å². The van der Waals surface area contributed by atoms with Gasteiger partial charge in [-0.1, -0.05) is 36.7 Å². The molecular weight excluding hydrogens is 230 g/mol. The first-order chi connectivity index (χ1) is 8.22. The summed E-state index contributed by atoms with van der Waals surface area (Å²) in [5.74, 6) is 0.744. The van der Waals surface area contributed by atoms with E-state index in [1.165, 1.54) is 31.2 Å². The molecule has 0 amide bonds. The fourth-order valence-electron chi connectivity index (χ4n) is 3.02. The third kappa shape index (κ3) is 2.00. The van der Waals surface area contributed by atoms with E-state index in [4.69, 9.17) is 11.6 Å². The molecule has 0 spiro atoms. The van der Waals surface area contributed by atoms with E-state index in [1.54, 1.807) is 0 Å². The molecule has 0 aromatic heterocycles. The van der Waals surface area contributed by atoms with Crippen molar-refractivity contribution in [3.8, 4) is 0 Å². The van der Waals surface area contributed by atoms with Gasteiger partial charge in [-0.15, -0.1) is 0 Å². The Hall–Kier alpha value is -0.530. The fourth-order valence-corrected chi connectivity index (χ4v) is 3.34. The molecule has 2 heteroatoms. The molecule has 0 radical (unpaired) electrons. The largest absolute Gasteiger partial charge is 0.313 e. The van der Waals surface area contributed by atoms with Gasteiger partial charge in [-0.05, 0) is 43.2 Å². The van der Waals surface area contributed by atoms with Crippen LogP contribution in [-0.2, 0) is 5.41 Å². The van der Waals surface area contributed by atoms with Gasteiger partial charge < -0.3 is 5.32 Å². The van der Waals surface area contributed by atoms with Gasteiger partial charge in [0, 0.05) is 23.0 Å². The van der Waals surface area contributed by atoms with Crippen LogP contribution in [0.2, 0.25) is 5.02 Å². The highest BCUT2D eigenvalue weighted by Gasteiger charge is 2.46. The SMILES string of the molecule is CC1CCC1(CNC1CC1)c1ccccc1Cl. The molecule has 0 aliphatic heterocycles. The molecular formula is C15H20ClN. The second-order valence-electron chi connectivity index (χ2n) is 5.73. The van der Waals surface area contributed by atoms with E-state index >= 15 is 0 Å². The molecule has 17 heavy (non-hydrogen) atoms. The maximum absolute atomic E-state index is 6.39. The van der Waals surface area contributed by atoms with Crippen molar-refractivity contribution in [2.24, 2.45) is 5.92 Å². The minimum Gasteiger partial charge on any atom is -0.313 e. The van der Waals surface area contributed by atoms with Gasteiger partial charge in [-0.25, -0.2) is 0 Å². The Bertz CT molecular complexity index is 413. The number of rotatable bonds is 4. The number of hydrogen-bond donors (Lipinski definition) is 1. The van der Waals surface area contributed by atoms with Crippen molar-refractivity contribution < 1.29 is 0 Å². The third-order valence-electron chi connectivity index (χ3n) is 4.66. The zero-order chi connectivity index (χ0) is 11.9. The zero-order valence-electron chi connectivity index (χ0n) is 10.4. The summed E-state index contributed by atoms with van der Waals surface area (Å²) < 4.78 is 0. The predicted octanol–water partition coefficient (Wildman–Crippen LogP) is 3.76. The lowest BCUT2D eigenvalue weighted by Crippen LogP contribution is -2.50. The highest BCUT2D eigenvalue weighted by atomic mass is 35.5. The molecule has 0 bridgehead atoms. The summed E-state index contributed by atoms with van der Waals surface area (Å²) in [5.41, 5.74) is 1.65. The Morgan fingerprint density at radius 2 is 2.06 bits per heavy atom. The minimum absolute atomic E-state index is 0.293. The van der Waals surface area contributed by atoms with Gasteiger partial charge >= 0.3 is 0 Å². The van der Waals surface area contributed by atoms with Crippen molar-refractivity contribution in [2.45, 2.75) is 44.1 Å². The molecule has 2 saturated carbocycles.